The largest absolute Gasteiger partial charge is 0.417 e. The Labute approximate surface area is 140 Å². The Morgan fingerprint density at radius 1 is 1.04 bits per heavy atom. The summed E-state index contributed by atoms with van der Waals surface area (Å²) in [5.74, 6) is 0.418. The molecule has 0 aliphatic rings. The van der Waals surface area contributed by atoms with Gasteiger partial charge in [0.25, 0.3) is 0 Å². The van der Waals surface area contributed by atoms with Crippen LogP contribution < -0.4 is 0 Å². The van der Waals surface area contributed by atoms with Crippen molar-refractivity contribution in [2.24, 2.45) is 5.10 Å². The molecule has 0 aliphatic heterocycles. The topological polar surface area (TPSA) is 46.0 Å². The van der Waals surface area contributed by atoms with E-state index < -0.39 is 11.7 Å². The summed E-state index contributed by atoms with van der Waals surface area (Å²) < 4.78 is 40.6. The molecule has 0 radical (unpaired) electrons. The highest BCUT2D eigenvalue weighted by Crippen LogP contribution is 2.31. The van der Waals surface area contributed by atoms with Crippen LogP contribution in [0, 0.1) is 4.77 Å². The van der Waals surface area contributed by atoms with Gasteiger partial charge in [-0.15, -0.1) is 0 Å². The lowest BCUT2D eigenvalue weighted by molar-refractivity contribution is -0.137. The summed E-state index contributed by atoms with van der Waals surface area (Å²) in [6, 6.07) is 14.3. The quantitative estimate of drug-likeness (QED) is 0.559. The van der Waals surface area contributed by atoms with Crippen molar-refractivity contribution in [3.8, 4) is 11.4 Å². The number of H-pyrrole nitrogens is 1. The maximum atomic E-state index is 13.0. The lowest BCUT2D eigenvalue weighted by Gasteiger charge is -2.09. The first-order chi connectivity index (χ1) is 11.5. The normalized spacial score (nSPS) is 12.0. The molecule has 1 aromatic heterocycles. The fourth-order valence-corrected chi connectivity index (χ4v) is 2.34. The molecule has 1 heterocycles. The predicted molar refractivity (Wildman–Crippen MR) is 87.3 cm³/mol. The highest BCUT2D eigenvalue weighted by Gasteiger charge is 2.32. The van der Waals surface area contributed by atoms with Gasteiger partial charge < -0.3 is 0 Å². The highest BCUT2D eigenvalue weighted by molar-refractivity contribution is 7.71. The lowest BCUT2D eigenvalue weighted by Crippen LogP contribution is -2.09. The molecule has 0 amide bonds. The summed E-state index contributed by atoms with van der Waals surface area (Å²) in [5, 5.41) is 10.8. The standard InChI is InChI=1S/C16H11F3N4S/c17-16(18,19)13-9-5-4-8-12(13)10-20-23-14(21-22-15(23)24)11-6-2-1-3-7-11/h1-10H,(H,22,24)/b20-10+. The highest BCUT2D eigenvalue weighted by atomic mass is 32.1. The molecule has 3 rings (SSSR count). The number of halogens is 3. The molecule has 0 aliphatic carbocycles. The van der Waals surface area contributed by atoms with Crippen molar-refractivity contribution in [3.05, 3.63) is 70.5 Å². The van der Waals surface area contributed by atoms with Crippen molar-refractivity contribution in [1.82, 2.24) is 14.9 Å². The Balaban J connectivity index is 2.04. The monoisotopic (exact) mass is 348 g/mol. The first-order valence-corrected chi connectivity index (χ1v) is 7.31. The molecule has 0 saturated carbocycles. The molecule has 0 bridgehead atoms. The lowest BCUT2D eigenvalue weighted by atomic mass is 10.1. The molecule has 0 unspecified atom stereocenters. The fraction of sp³-hybridized carbons (Fsp3) is 0.0625. The molecule has 8 heteroatoms. The maximum absolute atomic E-state index is 13.0. The van der Waals surface area contributed by atoms with Crippen LogP contribution in [0.15, 0.2) is 59.7 Å². The SMILES string of the molecule is FC(F)(F)c1ccccc1/C=N/n1c(-c2ccccc2)n[nH]c1=S. The van der Waals surface area contributed by atoms with Crippen LogP contribution in [0.1, 0.15) is 11.1 Å². The van der Waals surface area contributed by atoms with Crippen LogP contribution in [0.4, 0.5) is 13.2 Å². The number of nitrogens with zero attached hydrogens (tertiary/aromatic N) is 3. The van der Waals surface area contributed by atoms with Crippen LogP contribution in [0.3, 0.4) is 0 Å². The number of aromatic amines is 1. The second kappa shape index (κ2) is 6.40. The van der Waals surface area contributed by atoms with E-state index in [1.54, 1.807) is 12.1 Å². The Hall–Kier alpha value is -2.74. The minimum absolute atomic E-state index is 0.0490. The molecule has 122 valence electrons. The smallest absolute Gasteiger partial charge is 0.250 e. The number of aromatic nitrogens is 3. The Morgan fingerprint density at radius 3 is 2.42 bits per heavy atom. The Bertz CT molecular complexity index is 926. The molecule has 3 aromatic rings. The zero-order valence-corrected chi connectivity index (χ0v) is 13.0. The number of nitrogens with one attached hydrogen (secondary N) is 1. The van der Waals surface area contributed by atoms with Crippen molar-refractivity contribution in [3.63, 3.8) is 0 Å². The van der Waals surface area contributed by atoms with Crippen molar-refractivity contribution < 1.29 is 13.2 Å². The van der Waals surface area contributed by atoms with Crippen molar-refractivity contribution >= 4 is 18.4 Å². The van der Waals surface area contributed by atoms with Gasteiger partial charge in [0.05, 0.1) is 11.8 Å². The van der Waals surface area contributed by atoms with Crippen LogP contribution in [0.25, 0.3) is 11.4 Å². The third kappa shape index (κ3) is 3.28. The van der Waals surface area contributed by atoms with E-state index in [0.717, 1.165) is 17.8 Å². The molecule has 2 aromatic carbocycles. The fourth-order valence-electron chi connectivity index (χ4n) is 2.16. The van der Waals surface area contributed by atoms with Gasteiger partial charge in [-0.1, -0.05) is 48.5 Å². The van der Waals surface area contributed by atoms with E-state index in [1.807, 2.05) is 18.2 Å². The number of hydrogen-bond acceptors (Lipinski definition) is 3. The van der Waals surface area contributed by atoms with Crippen LogP contribution in [-0.2, 0) is 6.18 Å². The van der Waals surface area contributed by atoms with Crippen LogP contribution in [-0.4, -0.2) is 21.1 Å². The average Bonchev–Trinajstić information content (AvgIpc) is 2.94. The maximum Gasteiger partial charge on any atom is 0.417 e. The second-order valence-electron chi connectivity index (χ2n) is 4.86. The van der Waals surface area contributed by atoms with Gasteiger partial charge in [-0.05, 0) is 18.3 Å². The van der Waals surface area contributed by atoms with E-state index in [4.69, 9.17) is 12.2 Å². The van der Waals surface area contributed by atoms with E-state index in [1.165, 1.54) is 22.9 Å². The molecule has 0 spiro atoms. The zero-order valence-electron chi connectivity index (χ0n) is 12.2. The zero-order chi connectivity index (χ0) is 17.2. The number of hydrogen-bond donors (Lipinski definition) is 1. The number of benzene rings is 2. The van der Waals surface area contributed by atoms with Crippen molar-refractivity contribution in [2.75, 3.05) is 0 Å². The van der Waals surface area contributed by atoms with E-state index in [2.05, 4.69) is 15.3 Å². The van der Waals surface area contributed by atoms with E-state index >= 15 is 0 Å². The minimum Gasteiger partial charge on any atom is -0.250 e. The van der Waals surface area contributed by atoms with Crippen LogP contribution in [0.5, 0.6) is 0 Å². The number of alkyl halides is 3. The average molecular weight is 348 g/mol. The van der Waals surface area contributed by atoms with Gasteiger partial charge in [0, 0.05) is 11.1 Å². The van der Waals surface area contributed by atoms with Crippen molar-refractivity contribution in [1.29, 1.82) is 0 Å². The summed E-state index contributed by atoms with van der Waals surface area (Å²) in [7, 11) is 0. The van der Waals surface area contributed by atoms with Crippen molar-refractivity contribution in [2.45, 2.75) is 6.18 Å². The molecule has 0 fully saturated rings. The van der Waals surface area contributed by atoms with Gasteiger partial charge in [0.1, 0.15) is 0 Å². The summed E-state index contributed by atoms with van der Waals surface area (Å²) >= 11 is 5.10. The van der Waals surface area contributed by atoms with Crippen LogP contribution >= 0.6 is 12.2 Å². The first kappa shape index (κ1) is 16.1. The summed E-state index contributed by atoms with van der Waals surface area (Å²) in [5.41, 5.74) is -0.0664. The molecule has 0 atom stereocenters. The van der Waals surface area contributed by atoms with Gasteiger partial charge in [-0.3, -0.25) is 0 Å². The molecule has 4 nitrogen and oxygen atoms in total. The predicted octanol–water partition coefficient (Wildman–Crippen LogP) is 4.51. The van der Waals surface area contributed by atoms with E-state index in [-0.39, 0.29) is 10.3 Å². The van der Waals surface area contributed by atoms with Gasteiger partial charge in [-0.25, -0.2) is 5.10 Å². The van der Waals surface area contributed by atoms with E-state index in [9.17, 15) is 13.2 Å². The minimum atomic E-state index is -4.46. The van der Waals surface area contributed by atoms with Gasteiger partial charge in [0.15, 0.2) is 5.82 Å². The summed E-state index contributed by atoms with van der Waals surface area (Å²) in [4.78, 5) is 0. The van der Waals surface area contributed by atoms with Gasteiger partial charge in [0.2, 0.25) is 4.77 Å². The molecular formula is C16H11F3N4S. The summed E-state index contributed by atoms with van der Waals surface area (Å²) in [6.45, 7) is 0. The number of rotatable bonds is 3. The Morgan fingerprint density at radius 2 is 1.71 bits per heavy atom. The van der Waals surface area contributed by atoms with E-state index in [0.29, 0.717) is 5.82 Å². The Kier molecular flexibility index (Phi) is 4.30. The van der Waals surface area contributed by atoms with Gasteiger partial charge >= 0.3 is 6.18 Å². The van der Waals surface area contributed by atoms with Crippen LogP contribution in [0.2, 0.25) is 0 Å². The summed E-state index contributed by atoms with van der Waals surface area (Å²) in [6.07, 6.45) is -3.33. The molecule has 24 heavy (non-hydrogen) atoms. The molecule has 1 N–H and O–H groups in total. The molecule has 0 saturated heterocycles. The third-order valence-corrected chi connectivity index (χ3v) is 3.53. The first-order valence-electron chi connectivity index (χ1n) is 6.90. The molecular weight excluding hydrogens is 337 g/mol. The second-order valence-corrected chi connectivity index (χ2v) is 5.25. The third-order valence-electron chi connectivity index (χ3n) is 3.26. The van der Waals surface area contributed by atoms with Gasteiger partial charge in [-0.2, -0.15) is 28.0 Å².